The van der Waals surface area contributed by atoms with E-state index in [2.05, 4.69) is 4.98 Å². The van der Waals surface area contributed by atoms with Gasteiger partial charge in [0, 0.05) is 20.8 Å². The van der Waals surface area contributed by atoms with Gasteiger partial charge in [-0.1, -0.05) is 65.8 Å². The van der Waals surface area contributed by atoms with E-state index in [-0.39, 0.29) is 5.43 Å². The fourth-order valence-corrected chi connectivity index (χ4v) is 3.85. The van der Waals surface area contributed by atoms with E-state index in [1.165, 1.54) is 11.8 Å². The summed E-state index contributed by atoms with van der Waals surface area (Å²) in [6.45, 7) is 0. The number of aromatic nitrogens is 1. The van der Waals surface area contributed by atoms with Gasteiger partial charge in [-0.15, -0.1) is 0 Å². The summed E-state index contributed by atoms with van der Waals surface area (Å²) in [6, 6.07) is 25.0. The number of H-pyrrole nitrogens is 1. The summed E-state index contributed by atoms with van der Waals surface area (Å²) >= 11 is 7.43. The van der Waals surface area contributed by atoms with Gasteiger partial charge in [-0.25, -0.2) is 0 Å². The molecule has 4 rings (SSSR count). The molecule has 0 radical (unpaired) electrons. The molecule has 1 heterocycles. The van der Waals surface area contributed by atoms with Gasteiger partial charge >= 0.3 is 0 Å². The normalized spacial score (nSPS) is 10.9. The minimum atomic E-state index is 0.0353. The van der Waals surface area contributed by atoms with Crippen molar-refractivity contribution in [1.82, 2.24) is 4.98 Å². The van der Waals surface area contributed by atoms with Gasteiger partial charge in [0.1, 0.15) is 0 Å². The first-order valence-electron chi connectivity index (χ1n) is 7.86. The predicted molar refractivity (Wildman–Crippen MR) is 106 cm³/mol. The lowest BCUT2D eigenvalue weighted by molar-refractivity contribution is 1.26. The second-order valence-corrected chi connectivity index (χ2v) is 7.15. The number of hydrogen-bond acceptors (Lipinski definition) is 2. The monoisotopic (exact) mass is 363 g/mol. The molecule has 2 nitrogen and oxygen atoms in total. The molecule has 4 aromatic rings. The van der Waals surface area contributed by atoms with Crippen LogP contribution in [0, 0.1) is 0 Å². The Bertz CT molecular complexity index is 1090. The van der Waals surface area contributed by atoms with E-state index in [4.69, 9.17) is 11.6 Å². The van der Waals surface area contributed by atoms with E-state index >= 15 is 0 Å². The zero-order chi connectivity index (χ0) is 17.2. The van der Waals surface area contributed by atoms with E-state index in [1.807, 2.05) is 78.9 Å². The van der Waals surface area contributed by atoms with Crippen LogP contribution in [-0.4, -0.2) is 4.98 Å². The van der Waals surface area contributed by atoms with Crippen LogP contribution in [0.25, 0.3) is 22.2 Å². The highest BCUT2D eigenvalue weighted by atomic mass is 35.5. The SMILES string of the molecule is O=c1c(Sc2ccc(Cl)cc2)c(-c2ccccc2)[nH]c2ccccc12. The number of benzene rings is 3. The van der Waals surface area contributed by atoms with Crippen molar-refractivity contribution in [3.05, 3.63) is 94.1 Å². The molecule has 0 fully saturated rings. The van der Waals surface area contributed by atoms with Crippen molar-refractivity contribution in [1.29, 1.82) is 0 Å². The van der Waals surface area contributed by atoms with Crippen molar-refractivity contribution >= 4 is 34.3 Å². The summed E-state index contributed by atoms with van der Waals surface area (Å²) < 4.78 is 0. The molecule has 3 aromatic carbocycles. The number of aromatic amines is 1. The molecule has 4 heteroatoms. The van der Waals surface area contributed by atoms with Crippen molar-refractivity contribution in [2.24, 2.45) is 0 Å². The Hall–Kier alpha value is -2.49. The molecule has 0 amide bonds. The van der Waals surface area contributed by atoms with Gasteiger partial charge in [0.2, 0.25) is 5.43 Å². The molecule has 1 N–H and O–H groups in total. The van der Waals surface area contributed by atoms with Gasteiger partial charge in [-0.05, 0) is 42.0 Å². The van der Waals surface area contributed by atoms with Crippen LogP contribution in [0.4, 0.5) is 0 Å². The molecular weight excluding hydrogens is 350 g/mol. The summed E-state index contributed by atoms with van der Waals surface area (Å²) in [7, 11) is 0. The summed E-state index contributed by atoms with van der Waals surface area (Å²) in [6.07, 6.45) is 0. The van der Waals surface area contributed by atoms with E-state index in [1.54, 1.807) is 0 Å². The van der Waals surface area contributed by atoms with Gasteiger partial charge in [0.25, 0.3) is 0 Å². The fraction of sp³-hybridized carbons (Fsp3) is 0. The van der Waals surface area contributed by atoms with Crippen LogP contribution in [0.2, 0.25) is 5.02 Å². The minimum absolute atomic E-state index is 0.0353. The Morgan fingerprint density at radius 2 is 1.48 bits per heavy atom. The maximum atomic E-state index is 13.1. The van der Waals surface area contributed by atoms with Gasteiger partial charge in [0.15, 0.2) is 0 Å². The number of halogens is 1. The molecule has 0 aliphatic carbocycles. The van der Waals surface area contributed by atoms with E-state index in [0.29, 0.717) is 15.3 Å². The number of nitrogens with one attached hydrogen (secondary N) is 1. The van der Waals surface area contributed by atoms with Crippen LogP contribution in [0.3, 0.4) is 0 Å². The second-order valence-electron chi connectivity index (χ2n) is 5.63. The second kappa shape index (κ2) is 6.79. The van der Waals surface area contributed by atoms with Crippen molar-refractivity contribution < 1.29 is 0 Å². The average molecular weight is 364 g/mol. The fourth-order valence-electron chi connectivity index (χ4n) is 2.74. The Balaban J connectivity index is 1.95. The molecule has 0 saturated carbocycles. The molecule has 0 bridgehead atoms. The molecule has 0 spiro atoms. The van der Waals surface area contributed by atoms with Crippen LogP contribution in [0.5, 0.6) is 0 Å². The molecule has 1 aromatic heterocycles. The third kappa shape index (κ3) is 3.21. The topological polar surface area (TPSA) is 32.9 Å². The lowest BCUT2D eigenvalue weighted by Crippen LogP contribution is -2.08. The average Bonchev–Trinajstić information content (AvgIpc) is 2.66. The summed E-state index contributed by atoms with van der Waals surface area (Å²) in [4.78, 5) is 18.2. The lowest BCUT2D eigenvalue weighted by Gasteiger charge is -2.11. The molecule has 25 heavy (non-hydrogen) atoms. The van der Waals surface area contributed by atoms with Crippen molar-refractivity contribution in [3.63, 3.8) is 0 Å². The highest BCUT2D eigenvalue weighted by molar-refractivity contribution is 7.99. The summed E-state index contributed by atoms with van der Waals surface area (Å²) in [5, 5.41) is 1.37. The summed E-state index contributed by atoms with van der Waals surface area (Å²) in [5.74, 6) is 0. The molecule has 0 saturated heterocycles. The summed E-state index contributed by atoms with van der Waals surface area (Å²) in [5.41, 5.74) is 2.70. The van der Waals surface area contributed by atoms with Crippen LogP contribution < -0.4 is 5.43 Å². The molecule has 0 atom stereocenters. The Labute approximate surface area is 154 Å². The first-order chi connectivity index (χ1) is 12.2. The van der Waals surface area contributed by atoms with Crippen molar-refractivity contribution in [2.75, 3.05) is 0 Å². The largest absolute Gasteiger partial charge is 0.353 e. The zero-order valence-corrected chi connectivity index (χ0v) is 14.8. The van der Waals surface area contributed by atoms with E-state index in [9.17, 15) is 4.79 Å². The Morgan fingerprint density at radius 3 is 2.24 bits per heavy atom. The number of hydrogen-bond donors (Lipinski definition) is 1. The molecule has 0 unspecified atom stereocenters. The van der Waals surface area contributed by atoms with Crippen molar-refractivity contribution in [2.45, 2.75) is 9.79 Å². The number of pyridine rings is 1. The smallest absolute Gasteiger partial charge is 0.203 e. The first kappa shape index (κ1) is 16.0. The maximum absolute atomic E-state index is 13.1. The van der Waals surface area contributed by atoms with Crippen LogP contribution >= 0.6 is 23.4 Å². The molecular formula is C21H14ClNOS. The van der Waals surface area contributed by atoms with Crippen LogP contribution in [0.1, 0.15) is 0 Å². The zero-order valence-electron chi connectivity index (χ0n) is 13.2. The van der Waals surface area contributed by atoms with Gasteiger partial charge in [0.05, 0.1) is 10.6 Å². The number of fused-ring (bicyclic) bond motifs is 1. The predicted octanol–water partition coefficient (Wildman–Crippen LogP) is 6.00. The first-order valence-corrected chi connectivity index (χ1v) is 9.06. The Morgan fingerprint density at radius 1 is 0.800 bits per heavy atom. The van der Waals surface area contributed by atoms with Crippen molar-refractivity contribution in [3.8, 4) is 11.3 Å². The van der Waals surface area contributed by atoms with E-state index < -0.39 is 0 Å². The minimum Gasteiger partial charge on any atom is -0.353 e. The third-order valence-electron chi connectivity index (χ3n) is 3.96. The van der Waals surface area contributed by atoms with E-state index in [0.717, 1.165) is 21.7 Å². The highest BCUT2D eigenvalue weighted by Gasteiger charge is 2.14. The lowest BCUT2D eigenvalue weighted by atomic mass is 10.1. The highest BCUT2D eigenvalue weighted by Crippen LogP contribution is 2.34. The Kier molecular flexibility index (Phi) is 4.35. The molecule has 122 valence electrons. The van der Waals surface area contributed by atoms with Gasteiger partial charge in [-0.3, -0.25) is 4.79 Å². The number of para-hydroxylation sites is 1. The third-order valence-corrected chi connectivity index (χ3v) is 5.31. The molecule has 0 aliphatic heterocycles. The van der Waals surface area contributed by atoms with Gasteiger partial charge < -0.3 is 4.98 Å². The quantitative estimate of drug-likeness (QED) is 0.484. The molecule has 0 aliphatic rings. The standard InChI is InChI=1S/C21H14ClNOS/c22-15-10-12-16(13-11-15)25-21-19(14-6-2-1-3-7-14)23-18-9-5-4-8-17(18)20(21)24/h1-13H,(H,23,24). The van der Waals surface area contributed by atoms with Crippen LogP contribution in [0.15, 0.2) is 93.4 Å². The number of rotatable bonds is 3. The van der Waals surface area contributed by atoms with Crippen LogP contribution in [-0.2, 0) is 0 Å². The maximum Gasteiger partial charge on any atom is 0.203 e. The van der Waals surface area contributed by atoms with Gasteiger partial charge in [-0.2, -0.15) is 0 Å².